The van der Waals surface area contributed by atoms with E-state index < -0.39 is 0 Å². The van der Waals surface area contributed by atoms with E-state index >= 15 is 0 Å². The smallest absolute Gasteiger partial charge is 0.255 e. The van der Waals surface area contributed by atoms with Crippen LogP contribution < -0.4 is 10.5 Å². The number of ether oxygens (including phenoxy) is 1. The molecule has 0 radical (unpaired) electrons. The average molecular weight is 363 g/mol. The summed E-state index contributed by atoms with van der Waals surface area (Å²) in [5.74, 6) is 0.622. The zero-order valence-corrected chi connectivity index (χ0v) is 15.4. The first-order valence-corrected chi connectivity index (χ1v) is 8.89. The van der Waals surface area contributed by atoms with Gasteiger partial charge < -0.3 is 9.64 Å². The van der Waals surface area contributed by atoms with Gasteiger partial charge in [-0.1, -0.05) is 29.8 Å². The lowest BCUT2D eigenvalue weighted by Crippen LogP contribution is -2.41. The van der Waals surface area contributed by atoms with Gasteiger partial charge >= 0.3 is 0 Å². The molecule has 2 aromatic heterocycles. The van der Waals surface area contributed by atoms with Crippen LogP contribution in [0.4, 0.5) is 5.95 Å². The van der Waals surface area contributed by atoms with Gasteiger partial charge in [-0.2, -0.15) is 0 Å². The average Bonchev–Trinajstić information content (AvgIpc) is 2.71. The Labute approximate surface area is 157 Å². The third-order valence-electron chi connectivity index (χ3n) is 4.72. The Bertz CT molecular complexity index is 1000. The predicted molar refractivity (Wildman–Crippen MR) is 103 cm³/mol. The Kier molecular flexibility index (Phi) is 4.68. The molecule has 3 heterocycles. The molecule has 1 aromatic carbocycles. The van der Waals surface area contributed by atoms with Crippen molar-refractivity contribution in [3.05, 3.63) is 70.4 Å². The van der Waals surface area contributed by atoms with Crippen molar-refractivity contribution in [3.8, 4) is 11.4 Å². The summed E-state index contributed by atoms with van der Waals surface area (Å²) >= 11 is 0. The SMILES string of the molecule is Cc1cccc(C2CN(c3nc(-c4ccncn4)cc(=O)n3C)CCO2)c1. The summed E-state index contributed by atoms with van der Waals surface area (Å²) in [6.07, 6.45) is 3.04. The van der Waals surface area contributed by atoms with Crippen LogP contribution in [0.2, 0.25) is 0 Å². The minimum Gasteiger partial charge on any atom is -0.370 e. The van der Waals surface area contributed by atoms with Crippen molar-refractivity contribution in [2.24, 2.45) is 7.05 Å². The minimum atomic E-state index is -0.118. The number of rotatable bonds is 3. The highest BCUT2D eigenvalue weighted by Crippen LogP contribution is 2.26. The van der Waals surface area contributed by atoms with Crippen LogP contribution in [0.3, 0.4) is 0 Å². The van der Waals surface area contributed by atoms with Crippen LogP contribution in [0.1, 0.15) is 17.2 Å². The van der Waals surface area contributed by atoms with Crippen molar-refractivity contribution < 1.29 is 4.74 Å². The normalized spacial score (nSPS) is 17.1. The topological polar surface area (TPSA) is 73.1 Å². The van der Waals surface area contributed by atoms with Crippen LogP contribution in [0.25, 0.3) is 11.4 Å². The number of hydrogen-bond donors (Lipinski definition) is 0. The van der Waals surface area contributed by atoms with Crippen LogP contribution in [-0.4, -0.2) is 39.2 Å². The van der Waals surface area contributed by atoms with Gasteiger partial charge in [0.05, 0.1) is 24.5 Å². The highest BCUT2D eigenvalue weighted by molar-refractivity contribution is 5.55. The third kappa shape index (κ3) is 3.59. The molecule has 1 unspecified atom stereocenters. The van der Waals surface area contributed by atoms with Gasteiger partial charge in [0.2, 0.25) is 5.95 Å². The van der Waals surface area contributed by atoms with E-state index in [0.717, 1.165) is 5.56 Å². The molecule has 0 bridgehead atoms. The van der Waals surface area contributed by atoms with E-state index in [0.29, 0.717) is 37.0 Å². The summed E-state index contributed by atoms with van der Waals surface area (Å²) in [4.78, 5) is 27.4. The van der Waals surface area contributed by atoms with E-state index in [1.54, 1.807) is 23.9 Å². The molecule has 0 amide bonds. The molecule has 0 saturated carbocycles. The van der Waals surface area contributed by atoms with Gasteiger partial charge in [0.1, 0.15) is 12.4 Å². The largest absolute Gasteiger partial charge is 0.370 e. The predicted octanol–water partition coefficient (Wildman–Crippen LogP) is 2.12. The Balaban J connectivity index is 1.68. The van der Waals surface area contributed by atoms with Gasteiger partial charge in [-0.15, -0.1) is 0 Å². The lowest BCUT2D eigenvalue weighted by molar-refractivity contribution is 0.0389. The van der Waals surface area contributed by atoms with E-state index in [1.807, 2.05) is 6.07 Å². The number of anilines is 1. The fourth-order valence-corrected chi connectivity index (χ4v) is 3.29. The van der Waals surface area contributed by atoms with Crippen LogP contribution in [0.15, 0.2) is 53.7 Å². The molecule has 1 aliphatic rings. The van der Waals surface area contributed by atoms with E-state index in [9.17, 15) is 4.79 Å². The fourth-order valence-electron chi connectivity index (χ4n) is 3.29. The zero-order valence-electron chi connectivity index (χ0n) is 15.4. The molecular weight excluding hydrogens is 342 g/mol. The Morgan fingerprint density at radius 1 is 1.19 bits per heavy atom. The molecule has 1 aliphatic heterocycles. The molecule has 138 valence electrons. The van der Waals surface area contributed by atoms with Gasteiger partial charge in [-0.3, -0.25) is 9.36 Å². The number of benzene rings is 1. The fraction of sp³-hybridized carbons (Fsp3) is 0.300. The maximum atomic E-state index is 12.5. The highest BCUT2D eigenvalue weighted by atomic mass is 16.5. The minimum absolute atomic E-state index is 0.0572. The van der Waals surface area contributed by atoms with Crippen molar-refractivity contribution >= 4 is 5.95 Å². The number of aryl methyl sites for hydroxylation is 1. The standard InChI is InChI=1S/C20H21N5O2/c1-14-4-3-5-15(10-14)18-12-25(8-9-27-18)20-23-17(11-19(26)24(20)2)16-6-7-21-13-22-16/h3-7,10-11,13,18H,8-9,12H2,1-2H3. The number of aromatic nitrogens is 4. The van der Waals surface area contributed by atoms with Crippen molar-refractivity contribution in [3.63, 3.8) is 0 Å². The quantitative estimate of drug-likeness (QED) is 0.710. The third-order valence-corrected chi connectivity index (χ3v) is 4.72. The summed E-state index contributed by atoms with van der Waals surface area (Å²) in [5, 5.41) is 0. The number of hydrogen-bond acceptors (Lipinski definition) is 6. The van der Waals surface area contributed by atoms with E-state index in [-0.39, 0.29) is 11.7 Å². The summed E-state index contributed by atoms with van der Waals surface area (Å²) in [6.45, 7) is 3.96. The maximum absolute atomic E-state index is 12.5. The number of morpholine rings is 1. The molecule has 1 atom stereocenters. The Morgan fingerprint density at radius 2 is 2.07 bits per heavy atom. The second-order valence-corrected chi connectivity index (χ2v) is 6.65. The number of nitrogens with zero attached hydrogens (tertiary/aromatic N) is 5. The summed E-state index contributed by atoms with van der Waals surface area (Å²) < 4.78 is 7.55. The summed E-state index contributed by atoms with van der Waals surface area (Å²) in [5.41, 5.74) is 3.40. The molecule has 7 heteroatoms. The second-order valence-electron chi connectivity index (χ2n) is 6.65. The molecule has 7 nitrogen and oxygen atoms in total. The van der Waals surface area contributed by atoms with Gasteiger partial charge in [-0.05, 0) is 18.6 Å². The lowest BCUT2D eigenvalue weighted by atomic mass is 10.1. The Hall–Kier alpha value is -3.06. The highest BCUT2D eigenvalue weighted by Gasteiger charge is 2.25. The van der Waals surface area contributed by atoms with Gasteiger partial charge in [-0.25, -0.2) is 15.0 Å². The molecule has 3 aromatic rings. The lowest BCUT2D eigenvalue weighted by Gasteiger charge is -2.34. The molecular formula is C20H21N5O2. The van der Waals surface area contributed by atoms with Crippen LogP contribution in [0, 0.1) is 6.92 Å². The molecule has 4 rings (SSSR count). The van der Waals surface area contributed by atoms with Gasteiger partial charge in [0.15, 0.2) is 0 Å². The molecule has 1 fully saturated rings. The summed E-state index contributed by atoms with van der Waals surface area (Å²) in [6, 6.07) is 11.6. The second kappa shape index (κ2) is 7.28. The molecule has 1 saturated heterocycles. The van der Waals surface area contributed by atoms with Crippen molar-refractivity contribution in [1.82, 2.24) is 19.5 Å². The monoisotopic (exact) mass is 363 g/mol. The first-order chi connectivity index (χ1) is 13.1. The Morgan fingerprint density at radius 3 is 2.85 bits per heavy atom. The maximum Gasteiger partial charge on any atom is 0.255 e. The van der Waals surface area contributed by atoms with Gasteiger partial charge in [0, 0.05) is 25.9 Å². The molecule has 0 N–H and O–H groups in total. The van der Waals surface area contributed by atoms with Crippen molar-refractivity contribution in [2.45, 2.75) is 13.0 Å². The first kappa shape index (κ1) is 17.4. The van der Waals surface area contributed by atoms with Crippen molar-refractivity contribution in [2.75, 3.05) is 24.6 Å². The van der Waals surface area contributed by atoms with E-state index in [1.165, 1.54) is 18.0 Å². The first-order valence-electron chi connectivity index (χ1n) is 8.89. The van der Waals surface area contributed by atoms with E-state index in [4.69, 9.17) is 9.72 Å². The van der Waals surface area contributed by atoms with Crippen molar-refractivity contribution in [1.29, 1.82) is 0 Å². The summed E-state index contributed by atoms with van der Waals surface area (Å²) in [7, 11) is 1.74. The van der Waals surface area contributed by atoms with Crippen LogP contribution in [-0.2, 0) is 11.8 Å². The molecule has 0 spiro atoms. The van der Waals surface area contributed by atoms with E-state index in [2.05, 4.69) is 40.0 Å². The molecule has 0 aliphatic carbocycles. The molecule has 27 heavy (non-hydrogen) atoms. The van der Waals surface area contributed by atoms with Crippen LogP contribution >= 0.6 is 0 Å². The van der Waals surface area contributed by atoms with Gasteiger partial charge in [0.25, 0.3) is 5.56 Å². The van der Waals surface area contributed by atoms with Crippen LogP contribution in [0.5, 0.6) is 0 Å². The zero-order chi connectivity index (χ0) is 18.8.